The summed E-state index contributed by atoms with van der Waals surface area (Å²) in [7, 11) is 0. The minimum Gasteiger partial charge on any atom is -0.444 e. The van der Waals surface area contributed by atoms with Crippen molar-refractivity contribution in [2.75, 3.05) is 13.1 Å². The number of hydrogen-bond donors (Lipinski definition) is 0. The van der Waals surface area contributed by atoms with Gasteiger partial charge in [0.25, 0.3) is 0 Å². The van der Waals surface area contributed by atoms with Crippen LogP contribution in [0.15, 0.2) is 12.1 Å². The minimum absolute atomic E-state index is 0.143. The van der Waals surface area contributed by atoms with Gasteiger partial charge in [0, 0.05) is 5.56 Å². The van der Waals surface area contributed by atoms with Gasteiger partial charge in [0.1, 0.15) is 22.0 Å². The minimum atomic E-state index is -3.41. The summed E-state index contributed by atoms with van der Waals surface area (Å²) >= 11 is 11.4. The van der Waals surface area contributed by atoms with E-state index in [1.807, 2.05) is 0 Å². The van der Waals surface area contributed by atoms with Gasteiger partial charge in [0.15, 0.2) is 0 Å². The zero-order valence-electron chi connectivity index (χ0n) is 14.4. The first-order valence-electron chi connectivity index (χ1n) is 7.73. The molecule has 0 aromatic carbocycles. The predicted molar refractivity (Wildman–Crippen MR) is 90.3 cm³/mol. The Balaban J connectivity index is 2.23. The van der Waals surface area contributed by atoms with Crippen LogP contribution < -0.4 is 0 Å². The number of amides is 1. The van der Waals surface area contributed by atoms with Crippen molar-refractivity contribution in [3.63, 3.8) is 0 Å². The van der Waals surface area contributed by atoms with Crippen molar-refractivity contribution in [3.8, 4) is 0 Å². The SMILES string of the molecule is CC1CN(C(=O)OC(C)(C)C)CC(C(F)(F)c2cc(Cl)nc(Cl)c2)O1. The van der Waals surface area contributed by atoms with Crippen LogP contribution in [-0.4, -0.2) is 46.9 Å². The van der Waals surface area contributed by atoms with Gasteiger partial charge in [0.2, 0.25) is 0 Å². The lowest BCUT2D eigenvalue weighted by molar-refractivity contribution is -0.191. The Hall–Kier alpha value is -1.18. The molecule has 1 saturated heterocycles. The fraction of sp³-hybridized carbons (Fsp3) is 0.625. The lowest BCUT2D eigenvalue weighted by Crippen LogP contribution is -2.55. The van der Waals surface area contributed by atoms with Crippen LogP contribution in [0.2, 0.25) is 10.3 Å². The molecule has 0 N–H and O–H groups in total. The summed E-state index contributed by atoms with van der Waals surface area (Å²) in [5.74, 6) is -3.41. The molecule has 1 aliphatic rings. The summed E-state index contributed by atoms with van der Waals surface area (Å²) in [5, 5.41) is -0.287. The van der Waals surface area contributed by atoms with Crippen LogP contribution in [0.25, 0.3) is 0 Å². The predicted octanol–water partition coefficient (Wildman–Crippen LogP) is 4.50. The fourth-order valence-electron chi connectivity index (χ4n) is 2.47. The summed E-state index contributed by atoms with van der Waals surface area (Å²) in [6, 6.07) is 2.07. The van der Waals surface area contributed by atoms with Crippen LogP contribution in [0.5, 0.6) is 0 Å². The highest BCUT2D eigenvalue weighted by molar-refractivity contribution is 6.32. The second-order valence-corrected chi connectivity index (χ2v) is 7.72. The van der Waals surface area contributed by atoms with E-state index < -0.39 is 35.4 Å². The lowest BCUT2D eigenvalue weighted by Gasteiger charge is -2.40. The number of ether oxygens (including phenoxy) is 2. The molecule has 9 heteroatoms. The van der Waals surface area contributed by atoms with Gasteiger partial charge in [-0.2, -0.15) is 8.78 Å². The molecule has 1 aromatic rings. The summed E-state index contributed by atoms with van der Waals surface area (Å²) in [5.41, 5.74) is -1.14. The van der Waals surface area contributed by atoms with Gasteiger partial charge >= 0.3 is 12.0 Å². The Kier molecular flexibility index (Phi) is 5.81. The standard InChI is InChI=1S/C16H20Cl2F2N2O3/c1-9-7-22(14(23)25-15(2,3)4)8-11(24-9)16(19,20)10-5-12(17)21-13(18)6-10/h5-6,9,11H,7-8H2,1-4H3. The van der Waals surface area contributed by atoms with Crippen molar-refractivity contribution in [2.45, 2.75) is 51.4 Å². The average Bonchev–Trinajstić information content (AvgIpc) is 2.43. The molecule has 1 amide bonds. The van der Waals surface area contributed by atoms with E-state index in [0.29, 0.717) is 0 Å². The largest absolute Gasteiger partial charge is 0.444 e. The van der Waals surface area contributed by atoms with Gasteiger partial charge in [-0.15, -0.1) is 0 Å². The van der Waals surface area contributed by atoms with E-state index in [4.69, 9.17) is 32.7 Å². The Morgan fingerprint density at radius 2 is 1.84 bits per heavy atom. The molecule has 1 aromatic heterocycles. The van der Waals surface area contributed by atoms with Crippen molar-refractivity contribution < 1.29 is 23.0 Å². The third-order valence-electron chi connectivity index (χ3n) is 3.46. The van der Waals surface area contributed by atoms with E-state index in [2.05, 4.69) is 4.98 Å². The van der Waals surface area contributed by atoms with Gasteiger partial charge in [-0.1, -0.05) is 23.2 Å². The molecule has 0 bridgehead atoms. The molecule has 0 spiro atoms. The molecule has 0 aliphatic carbocycles. The van der Waals surface area contributed by atoms with Gasteiger partial charge in [-0.05, 0) is 39.8 Å². The van der Waals surface area contributed by atoms with Crippen molar-refractivity contribution in [2.24, 2.45) is 0 Å². The molecule has 5 nitrogen and oxygen atoms in total. The fourth-order valence-corrected chi connectivity index (χ4v) is 2.93. The molecule has 2 rings (SSSR count). The first-order chi connectivity index (χ1) is 11.4. The van der Waals surface area contributed by atoms with E-state index in [1.54, 1.807) is 27.7 Å². The molecule has 2 heterocycles. The zero-order chi connectivity index (χ0) is 19.0. The van der Waals surface area contributed by atoms with Gasteiger partial charge in [0.05, 0.1) is 19.2 Å². The Morgan fingerprint density at radius 1 is 1.28 bits per heavy atom. The van der Waals surface area contributed by atoms with Crippen LogP contribution in [-0.2, 0) is 15.4 Å². The van der Waals surface area contributed by atoms with Crippen molar-refractivity contribution in [3.05, 3.63) is 28.0 Å². The highest BCUT2D eigenvalue weighted by atomic mass is 35.5. The normalized spacial score (nSPS) is 22.0. The van der Waals surface area contributed by atoms with E-state index in [-0.39, 0.29) is 23.4 Å². The molecule has 0 radical (unpaired) electrons. The molecule has 1 fully saturated rings. The monoisotopic (exact) mass is 396 g/mol. The van der Waals surface area contributed by atoms with E-state index in [9.17, 15) is 13.6 Å². The Labute approximate surface area is 155 Å². The average molecular weight is 397 g/mol. The molecule has 2 unspecified atom stereocenters. The van der Waals surface area contributed by atoms with Crippen LogP contribution >= 0.6 is 23.2 Å². The Morgan fingerprint density at radius 3 is 2.36 bits per heavy atom. The van der Waals surface area contributed by atoms with Crippen LogP contribution in [0.3, 0.4) is 0 Å². The number of nitrogens with zero attached hydrogens (tertiary/aromatic N) is 2. The van der Waals surface area contributed by atoms with E-state index in [1.165, 1.54) is 4.90 Å². The number of rotatable bonds is 2. The molecule has 2 atom stereocenters. The topological polar surface area (TPSA) is 51.7 Å². The lowest BCUT2D eigenvalue weighted by atomic mass is 10.0. The number of carbonyl (C=O) groups excluding carboxylic acids is 1. The van der Waals surface area contributed by atoms with E-state index in [0.717, 1.165) is 12.1 Å². The number of halogens is 4. The third kappa shape index (κ3) is 5.15. The number of alkyl halides is 2. The first kappa shape index (κ1) is 20.1. The van der Waals surface area contributed by atoms with Gasteiger partial charge in [-0.25, -0.2) is 9.78 Å². The number of morpholine rings is 1. The summed E-state index contributed by atoms with van der Waals surface area (Å²) in [6.07, 6.45) is -2.79. The highest BCUT2D eigenvalue weighted by Gasteiger charge is 2.47. The molecule has 0 saturated carbocycles. The van der Waals surface area contributed by atoms with Crippen molar-refractivity contribution in [1.29, 1.82) is 0 Å². The zero-order valence-corrected chi connectivity index (χ0v) is 15.9. The second kappa shape index (κ2) is 7.21. The highest BCUT2D eigenvalue weighted by Crippen LogP contribution is 2.38. The summed E-state index contributed by atoms with van der Waals surface area (Å²) in [6.45, 7) is 6.60. The molecule has 140 valence electrons. The smallest absolute Gasteiger partial charge is 0.410 e. The van der Waals surface area contributed by atoms with Crippen LogP contribution in [0.1, 0.15) is 33.3 Å². The maximum Gasteiger partial charge on any atom is 0.410 e. The summed E-state index contributed by atoms with van der Waals surface area (Å²) < 4.78 is 40.5. The molecular formula is C16H20Cl2F2N2O3. The molecule has 1 aliphatic heterocycles. The van der Waals surface area contributed by atoms with Crippen molar-refractivity contribution >= 4 is 29.3 Å². The maximum atomic E-state index is 14.9. The molecular weight excluding hydrogens is 377 g/mol. The van der Waals surface area contributed by atoms with Crippen LogP contribution in [0, 0.1) is 0 Å². The number of pyridine rings is 1. The van der Waals surface area contributed by atoms with Crippen LogP contribution in [0.4, 0.5) is 13.6 Å². The van der Waals surface area contributed by atoms with Gasteiger partial charge in [-0.3, -0.25) is 0 Å². The first-order valence-corrected chi connectivity index (χ1v) is 8.49. The number of hydrogen-bond acceptors (Lipinski definition) is 4. The van der Waals surface area contributed by atoms with Gasteiger partial charge < -0.3 is 14.4 Å². The number of carbonyl (C=O) groups is 1. The van der Waals surface area contributed by atoms with Crippen molar-refractivity contribution in [1.82, 2.24) is 9.88 Å². The quantitative estimate of drug-likeness (QED) is 0.690. The Bertz CT molecular complexity index is 633. The second-order valence-electron chi connectivity index (χ2n) is 6.94. The summed E-state index contributed by atoms with van der Waals surface area (Å²) in [4.78, 5) is 17.1. The third-order valence-corrected chi connectivity index (χ3v) is 3.85. The maximum absolute atomic E-state index is 14.9. The van der Waals surface area contributed by atoms with E-state index >= 15 is 0 Å². The molecule has 25 heavy (non-hydrogen) atoms. The number of aromatic nitrogens is 1.